The van der Waals surface area contributed by atoms with E-state index in [0.29, 0.717) is 0 Å². The molecule has 100 valence electrons. The Morgan fingerprint density at radius 3 is 2.41 bits per heavy atom. The zero-order chi connectivity index (χ0) is 12.1. The van der Waals surface area contributed by atoms with Crippen molar-refractivity contribution in [3.8, 4) is 0 Å². The van der Waals surface area contributed by atoms with Crippen molar-refractivity contribution < 1.29 is 0 Å². The first-order valence-electron chi connectivity index (χ1n) is 7.74. The minimum Gasteiger partial charge on any atom is -0.315 e. The zero-order valence-corrected chi connectivity index (χ0v) is 11.8. The maximum absolute atomic E-state index is 3.54. The molecule has 1 saturated carbocycles. The molecular weight excluding hydrogens is 208 g/mol. The van der Waals surface area contributed by atoms with Gasteiger partial charge in [-0.1, -0.05) is 19.8 Å². The lowest BCUT2D eigenvalue weighted by Gasteiger charge is -2.40. The van der Waals surface area contributed by atoms with Crippen molar-refractivity contribution in [1.29, 1.82) is 0 Å². The Balaban J connectivity index is 1.75. The molecular formula is C15H30N2. The van der Waals surface area contributed by atoms with Crippen LogP contribution in [0.3, 0.4) is 0 Å². The Morgan fingerprint density at radius 2 is 1.82 bits per heavy atom. The van der Waals surface area contributed by atoms with Crippen LogP contribution in [0.1, 0.15) is 58.3 Å². The van der Waals surface area contributed by atoms with Gasteiger partial charge in [0.25, 0.3) is 0 Å². The molecule has 1 aliphatic heterocycles. The summed E-state index contributed by atoms with van der Waals surface area (Å²) in [6.07, 6.45) is 11.4. The Bertz CT molecular complexity index is 203. The highest BCUT2D eigenvalue weighted by Crippen LogP contribution is 2.31. The van der Waals surface area contributed by atoms with Crippen LogP contribution in [0.25, 0.3) is 0 Å². The lowest BCUT2D eigenvalue weighted by molar-refractivity contribution is 0.103. The van der Waals surface area contributed by atoms with Crippen LogP contribution in [0.4, 0.5) is 0 Å². The molecule has 1 atom stereocenters. The standard InChI is InChI=1S/C15H30N2/c1-3-5-13-7-9-14(10-8-13)17(2)15-6-4-11-16-12-15/h13-16H,3-12H2,1-2H3. The van der Waals surface area contributed by atoms with Crippen molar-refractivity contribution in [2.24, 2.45) is 5.92 Å². The molecule has 1 aliphatic carbocycles. The average molecular weight is 238 g/mol. The summed E-state index contributed by atoms with van der Waals surface area (Å²) in [4.78, 5) is 2.69. The largest absolute Gasteiger partial charge is 0.315 e. The minimum absolute atomic E-state index is 0.802. The molecule has 1 heterocycles. The SMILES string of the molecule is CCCC1CCC(N(C)C2CCCNC2)CC1. The van der Waals surface area contributed by atoms with E-state index >= 15 is 0 Å². The first-order valence-corrected chi connectivity index (χ1v) is 7.74. The number of hydrogen-bond acceptors (Lipinski definition) is 2. The molecule has 2 rings (SSSR count). The molecule has 0 spiro atoms. The molecule has 1 N–H and O–H groups in total. The van der Waals surface area contributed by atoms with Crippen molar-refractivity contribution in [3.63, 3.8) is 0 Å². The molecule has 2 fully saturated rings. The highest BCUT2D eigenvalue weighted by Gasteiger charge is 2.28. The Hall–Kier alpha value is -0.0800. The number of nitrogens with zero attached hydrogens (tertiary/aromatic N) is 1. The Kier molecular flexibility index (Phi) is 5.30. The summed E-state index contributed by atoms with van der Waals surface area (Å²) >= 11 is 0. The van der Waals surface area contributed by atoms with E-state index in [0.717, 1.165) is 18.0 Å². The molecule has 0 radical (unpaired) electrons. The van der Waals surface area contributed by atoms with Gasteiger partial charge in [0.15, 0.2) is 0 Å². The van der Waals surface area contributed by atoms with Crippen molar-refractivity contribution in [3.05, 3.63) is 0 Å². The summed E-state index contributed by atoms with van der Waals surface area (Å²) in [6.45, 7) is 4.77. The van der Waals surface area contributed by atoms with Crippen molar-refractivity contribution in [2.45, 2.75) is 70.4 Å². The summed E-state index contributed by atoms with van der Waals surface area (Å²) in [5.74, 6) is 1.04. The first kappa shape index (κ1) is 13.4. The highest BCUT2D eigenvalue weighted by atomic mass is 15.2. The molecule has 0 aromatic carbocycles. The third kappa shape index (κ3) is 3.69. The molecule has 0 aromatic rings. The van der Waals surface area contributed by atoms with E-state index in [1.807, 2.05) is 0 Å². The topological polar surface area (TPSA) is 15.3 Å². The lowest BCUT2D eigenvalue weighted by atomic mass is 9.82. The summed E-state index contributed by atoms with van der Waals surface area (Å²) in [5, 5.41) is 3.54. The molecule has 2 nitrogen and oxygen atoms in total. The van der Waals surface area contributed by atoms with Gasteiger partial charge in [-0.25, -0.2) is 0 Å². The van der Waals surface area contributed by atoms with Gasteiger partial charge in [-0.15, -0.1) is 0 Å². The predicted octanol–water partition coefficient (Wildman–Crippen LogP) is 3.03. The number of piperidine rings is 1. The fourth-order valence-electron chi connectivity index (χ4n) is 3.73. The summed E-state index contributed by atoms with van der Waals surface area (Å²) in [7, 11) is 2.36. The van der Waals surface area contributed by atoms with Crippen LogP contribution in [-0.2, 0) is 0 Å². The van der Waals surface area contributed by atoms with Gasteiger partial charge in [-0.3, -0.25) is 4.90 Å². The highest BCUT2D eigenvalue weighted by molar-refractivity contribution is 4.84. The monoisotopic (exact) mass is 238 g/mol. The molecule has 0 aromatic heterocycles. The van der Waals surface area contributed by atoms with Crippen LogP contribution in [0, 0.1) is 5.92 Å². The minimum atomic E-state index is 0.802. The van der Waals surface area contributed by atoms with E-state index in [1.165, 1.54) is 64.5 Å². The quantitative estimate of drug-likeness (QED) is 0.810. The van der Waals surface area contributed by atoms with Gasteiger partial charge in [-0.05, 0) is 58.0 Å². The molecule has 0 amide bonds. The van der Waals surface area contributed by atoms with E-state index in [-0.39, 0.29) is 0 Å². The normalized spacial score (nSPS) is 35.1. The lowest BCUT2D eigenvalue weighted by Crippen LogP contribution is -2.49. The molecule has 1 unspecified atom stereocenters. The van der Waals surface area contributed by atoms with E-state index in [2.05, 4.69) is 24.2 Å². The molecule has 17 heavy (non-hydrogen) atoms. The maximum Gasteiger partial charge on any atom is 0.0220 e. The predicted molar refractivity (Wildman–Crippen MR) is 74.3 cm³/mol. The van der Waals surface area contributed by atoms with E-state index in [9.17, 15) is 0 Å². The zero-order valence-electron chi connectivity index (χ0n) is 11.8. The summed E-state index contributed by atoms with van der Waals surface area (Å²) in [5.41, 5.74) is 0. The van der Waals surface area contributed by atoms with Crippen LogP contribution in [0.5, 0.6) is 0 Å². The van der Waals surface area contributed by atoms with Gasteiger partial charge in [0.05, 0.1) is 0 Å². The smallest absolute Gasteiger partial charge is 0.0220 e. The van der Waals surface area contributed by atoms with Crippen molar-refractivity contribution in [2.75, 3.05) is 20.1 Å². The Labute approximate surface area is 107 Å². The van der Waals surface area contributed by atoms with Crippen molar-refractivity contribution in [1.82, 2.24) is 10.2 Å². The fraction of sp³-hybridized carbons (Fsp3) is 1.00. The van der Waals surface area contributed by atoms with Gasteiger partial charge in [0, 0.05) is 18.6 Å². The van der Waals surface area contributed by atoms with E-state index in [1.54, 1.807) is 0 Å². The average Bonchev–Trinajstić information content (AvgIpc) is 2.40. The summed E-state index contributed by atoms with van der Waals surface area (Å²) < 4.78 is 0. The third-order valence-corrected chi connectivity index (χ3v) is 4.94. The third-order valence-electron chi connectivity index (χ3n) is 4.94. The molecule has 0 bridgehead atoms. The van der Waals surface area contributed by atoms with Crippen LogP contribution < -0.4 is 5.32 Å². The number of hydrogen-bond donors (Lipinski definition) is 1. The second-order valence-electron chi connectivity index (χ2n) is 6.13. The van der Waals surface area contributed by atoms with Crippen LogP contribution in [0.15, 0.2) is 0 Å². The van der Waals surface area contributed by atoms with Gasteiger partial charge in [0.2, 0.25) is 0 Å². The second-order valence-corrected chi connectivity index (χ2v) is 6.13. The van der Waals surface area contributed by atoms with E-state index in [4.69, 9.17) is 0 Å². The molecule has 2 heteroatoms. The maximum atomic E-state index is 3.54. The van der Waals surface area contributed by atoms with Gasteiger partial charge >= 0.3 is 0 Å². The van der Waals surface area contributed by atoms with Gasteiger partial charge in [-0.2, -0.15) is 0 Å². The fourth-order valence-corrected chi connectivity index (χ4v) is 3.73. The number of likely N-dealkylation sites (N-methyl/N-ethyl adjacent to an activating group) is 1. The van der Waals surface area contributed by atoms with Crippen LogP contribution >= 0.6 is 0 Å². The Morgan fingerprint density at radius 1 is 1.06 bits per heavy atom. The molecule has 2 aliphatic rings. The van der Waals surface area contributed by atoms with Gasteiger partial charge < -0.3 is 5.32 Å². The second kappa shape index (κ2) is 6.75. The number of nitrogens with one attached hydrogen (secondary N) is 1. The van der Waals surface area contributed by atoms with Crippen LogP contribution in [0.2, 0.25) is 0 Å². The van der Waals surface area contributed by atoms with E-state index < -0.39 is 0 Å². The van der Waals surface area contributed by atoms with Crippen LogP contribution in [-0.4, -0.2) is 37.1 Å². The molecule has 1 saturated heterocycles. The first-order chi connectivity index (χ1) is 8.31. The van der Waals surface area contributed by atoms with Crippen molar-refractivity contribution >= 4 is 0 Å². The summed E-state index contributed by atoms with van der Waals surface area (Å²) in [6, 6.07) is 1.67. The number of rotatable bonds is 4. The van der Waals surface area contributed by atoms with Gasteiger partial charge in [0.1, 0.15) is 0 Å².